The van der Waals surface area contributed by atoms with Crippen molar-refractivity contribution in [3.63, 3.8) is 0 Å². The first-order valence-corrected chi connectivity index (χ1v) is 8.99. The van der Waals surface area contributed by atoms with Crippen LogP contribution in [0.25, 0.3) is 0 Å². The maximum absolute atomic E-state index is 12.4. The SMILES string of the molecule is CCC(CC)C(=O)N1CCN(C(=O)NC2CCCCC2)CC1. The highest BCUT2D eigenvalue weighted by Gasteiger charge is 2.28. The molecular weight excluding hydrogens is 278 g/mol. The van der Waals surface area contributed by atoms with Gasteiger partial charge in [0.2, 0.25) is 5.91 Å². The molecule has 0 atom stereocenters. The highest BCUT2D eigenvalue weighted by molar-refractivity contribution is 5.79. The van der Waals surface area contributed by atoms with Gasteiger partial charge in [-0.05, 0) is 25.7 Å². The molecular formula is C17H31N3O2. The number of carbonyl (C=O) groups is 2. The van der Waals surface area contributed by atoms with Crippen molar-refractivity contribution in [2.24, 2.45) is 5.92 Å². The predicted octanol–water partition coefficient (Wildman–Crippen LogP) is 2.61. The predicted molar refractivity (Wildman–Crippen MR) is 87.6 cm³/mol. The molecule has 0 aromatic heterocycles. The molecule has 22 heavy (non-hydrogen) atoms. The lowest BCUT2D eigenvalue weighted by molar-refractivity contribution is -0.137. The molecule has 2 rings (SSSR count). The molecule has 0 spiro atoms. The van der Waals surface area contributed by atoms with Crippen LogP contribution < -0.4 is 5.32 Å². The number of hydrogen-bond donors (Lipinski definition) is 1. The number of amides is 3. The van der Waals surface area contributed by atoms with E-state index in [2.05, 4.69) is 19.2 Å². The Morgan fingerprint density at radius 2 is 1.50 bits per heavy atom. The first-order chi connectivity index (χ1) is 10.7. The molecule has 2 aliphatic rings. The van der Waals surface area contributed by atoms with Crippen molar-refractivity contribution in [3.8, 4) is 0 Å². The third-order valence-corrected chi connectivity index (χ3v) is 5.15. The van der Waals surface area contributed by atoms with Crippen LogP contribution in [0.4, 0.5) is 4.79 Å². The smallest absolute Gasteiger partial charge is 0.317 e. The summed E-state index contributed by atoms with van der Waals surface area (Å²) in [5.74, 6) is 0.403. The van der Waals surface area contributed by atoms with Crippen molar-refractivity contribution in [1.82, 2.24) is 15.1 Å². The number of urea groups is 1. The molecule has 3 amide bonds. The highest BCUT2D eigenvalue weighted by Crippen LogP contribution is 2.18. The Hall–Kier alpha value is -1.26. The number of carbonyl (C=O) groups excluding carboxylic acids is 2. The fraction of sp³-hybridized carbons (Fsp3) is 0.882. The molecule has 0 bridgehead atoms. The number of rotatable bonds is 4. The molecule has 5 heteroatoms. The monoisotopic (exact) mass is 309 g/mol. The van der Waals surface area contributed by atoms with Gasteiger partial charge in [0.25, 0.3) is 0 Å². The van der Waals surface area contributed by atoms with Crippen LogP contribution >= 0.6 is 0 Å². The van der Waals surface area contributed by atoms with Crippen LogP contribution in [0.1, 0.15) is 58.8 Å². The summed E-state index contributed by atoms with van der Waals surface area (Å²) in [5.41, 5.74) is 0. The van der Waals surface area contributed by atoms with E-state index in [-0.39, 0.29) is 17.9 Å². The first kappa shape index (κ1) is 17.1. The highest BCUT2D eigenvalue weighted by atomic mass is 16.2. The molecule has 0 unspecified atom stereocenters. The zero-order chi connectivity index (χ0) is 15.9. The van der Waals surface area contributed by atoms with Crippen LogP contribution in [0, 0.1) is 5.92 Å². The van der Waals surface area contributed by atoms with Gasteiger partial charge in [-0.2, -0.15) is 0 Å². The maximum Gasteiger partial charge on any atom is 0.317 e. The summed E-state index contributed by atoms with van der Waals surface area (Å²) >= 11 is 0. The molecule has 0 aromatic rings. The Kier molecular flexibility index (Phi) is 6.52. The number of nitrogens with one attached hydrogen (secondary N) is 1. The molecule has 1 saturated heterocycles. The van der Waals surface area contributed by atoms with Gasteiger partial charge in [0.1, 0.15) is 0 Å². The van der Waals surface area contributed by atoms with Gasteiger partial charge in [-0.3, -0.25) is 4.79 Å². The van der Waals surface area contributed by atoms with Gasteiger partial charge in [-0.15, -0.1) is 0 Å². The van der Waals surface area contributed by atoms with Crippen molar-refractivity contribution >= 4 is 11.9 Å². The minimum Gasteiger partial charge on any atom is -0.339 e. The Labute approximate surface area is 134 Å². The summed E-state index contributed by atoms with van der Waals surface area (Å²) < 4.78 is 0. The Bertz CT molecular complexity index is 368. The molecule has 5 nitrogen and oxygen atoms in total. The van der Waals surface area contributed by atoms with E-state index in [9.17, 15) is 9.59 Å². The number of nitrogens with zero attached hydrogens (tertiary/aromatic N) is 2. The molecule has 2 fully saturated rings. The van der Waals surface area contributed by atoms with E-state index in [1.54, 1.807) is 0 Å². The molecule has 1 heterocycles. The van der Waals surface area contributed by atoms with Crippen molar-refractivity contribution in [3.05, 3.63) is 0 Å². The average Bonchev–Trinajstić information content (AvgIpc) is 2.57. The summed E-state index contributed by atoms with van der Waals surface area (Å²) in [4.78, 5) is 28.5. The summed E-state index contributed by atoms with van der Waals surface area (Å²) in [5, 5.41) is 3.16. The standard InChI is InChI=1S/C17H31N3O2/c1-3-14(4-2)16(21)19-10-12-20(13-11-19)17(22)18-15-8-6-5-7-9-15/h14-15H,3-13H2,1-2H3,(H,18,22). The largest absolute Gasteiger partial charge is 0.339 e. The van der Waals surface area contributed by atoms with E-state index < -0.39 is 0 Å². The van der Waals surface area contributed by atoms with Gasteiger partial charge in [0.05, 0.1) is 0 Å². The Morgan fingerprint density at radius 3 is 2.05 bits per heavy atom. The lowest BCUT2D eigenvalue weighted by Crippen LogP contribution is -2.55. The van der Waals surface area contributed by atoms with Crippen molar-refractivity contribution in [1.29, 1.82) is 0 Å². The second kappa shape index (κ2) is 8.39. The van der Waals surface area contributed by atoms with Gasteiger partial charge >= 0.3 is 6.03 Å². The Balaban J connectivity index is 1.76. The minimum absolute atomic E-state index is 0.0570. The normalized spacial score (nSPS) is 20.3. The average molecular weight is 309 g/mol. The van der Waals surface area contributed by atoms with Gasteiger partial charge in [-0.25, -0.2) is 4.79 Å². The molecule has 1 aliphatic carbocycles. The number of piperazine rings is 1. The third kappa shape index (κ3) is 4.37. The second-order valence-electron chi connectivity index (χ2n) is 6.61. The summed E-state index contributed by atoms with van der Waals surface area (Å²) in [6, 6.07) is 0.409. The van der Waals surface area contributed by atoms with Gasteiger partial charge in [0.15, 0.2) is 0 Å². The molecule has 0 radical (unpaired) electrons. The van der Waals surface area contributed by atoms with E-state index in [0.29, 0.717) is 32.2 Å². The molecule has 1 saturated carbocycles. The lowest BCUT2D eigenvalue weighted by atomic mass is 9.96. The van der Waals surface area contributed by atoms with Crippen LogP contribution in [-0.2, 0) is 4.79 Å². The van der Waals surface area contributed by atoms with E-state index in [4.69, 9.17) is 0 Å². The van der Waals surface area contributed by atoms with Crippen LogP contribution in [0.2, 0.25) is 0 Å². The van der Waals surface area contributed by atoms with Crippen molar-refractivity contribution in [2.75, 3.05) is 26.2 Å². The quantitative estimate of drug-likeness (QED) is 0.868. The zero-order valence-electron chi connectivity index (χ0n) is 14.1. The summed E-state index contributed by atoms with van der Waals surface area (Å²) in [6.45, 7) is 6.80. The summed E-state index contributed by atoms with van der Waals surface area (Å²) in [7, 11) is 0. The summed E-state index contributed by atoms with van der Waals surface area (Å²) in [6.07, 6.45) is 7.77. The van der Waals surface area contributed by atoms with Crippen LogP contribution in [0.3, 0.4) is 0 Å². The zero-order valence-corrected chi connectivity index (χ0v) is 14.1. The Morgan fingerprint density at radius 1 is 0.955 bits per heavy atom. The molecule has 0 aromatic carbocycles. The van der Waals surface area contributed by atoms with Gasteiger partial charge < -0.3 is 15.1 Å². The van der Waals surface area contributed by atoms with Crippen LogP contribution in [-0.4, -0.2) is 54.0 Å². The maximum atomic E-state index is 12.4. The fourth-order valence-corrected chi connectivity index (χ4v) is 3.54. The van der Waals surface area contributed by atoms with Crippen molar-refractivity contribution in [2.45, 2.75) is 64.8 Å². The van der Waals surface area contributed by atoms with Crippen molar-refractivity contribution < 1.29 is 9.59 Å². The second-order valence-corrected chi connectivity index (χ2v) is 6.61. The fourth-order valence-electron chi connectivity index (χ4n) is 3.54. The van der Waals surface area contributed by atoms with Gasteiger partial charge in [-0.1, -0.05) is 33.1 Å². The molecule has 1 N–H and O–H groups in total. The molecule has 1 aliphatic heterocycles. The van der Waals surface area contributed by atoms with E-state index >= 15 is 0 Å². The number of hydrogen-bond acceptors (Lipinski definition) is 2. The van der Waals surface area contributed by atoms with Crippen LogP contribution in [0.5, 0.6) is 0 Å². The lowest BCUT2D eigenvalue weighted by Gasteiger charge is -2.37. The van der Waals surface area contributed by atoms with E-state index in [1.165, 1.54) is 19.3 Å². The van der Waals surface area contributed by atoms with Crippen LogP contribution in [0.15, 0.2) is 0 Å². The third-order valence-electron chi connectivity index (χ3n) is 5.15. The van der Waals surface area contributed by atoms with E-state index in [0.717, 1.165) is 25.7 Å². The minimum atomic E-state index is 0.0570. The van der Waals surface area contributed by atoms with Gasteiger partial charge in [0, 0.05) is 38.1 Å². The molecule has 126 valence electrons. The first-order valence-electron chi connectivity index (χ1n) is 8.99. The topological polar surface area (TPSA) is 52.7 Å². The van der Waals surface area contributed by atoms with E-state index in [1.807, 2.05) is 9.80 Å².